The molecule has 0 aromatic heterocycles. The van der Waals surface area contributed by atoms with Crippen molar-refractivity contribution >= 4 is 0 Å². The van der Waals surface area contributed by atoms with Crippen LogP contribution in [0.1, 0.15) is 17.5 Å². The Kier molecular flexibility index (Phi) is 5.43. The monoisotopic (exact) mass is 221 g/mol. The van der Waals surface area contributed by atoms with Crippen molar-refractivity contribution in [2.45, 2.75) is 19.9 Å². The summed E-state index contributed by atoms with van der Waals surface area (Å²) >= 11 is 0. The van der Waals surface area contributed by atoms with Crippen LogP contribution in [0.3, 0.4) is 0 Å². The van der Waals surface area contributed by atoms with Crippen molar-refractivity contribution in [1.29, 1.82) is 0 Å². The van der Waals surface area contributed by atoms with E-state index in [0.29, 0.717) is 18.9 Å². The second kappa shape index (κ2) is 6.90. The Labute approximate surface area is 96.8 Å². The minimum atomic E-state index is 0.348. The van der Waals surface area contributed by atoms with Crippen LogP contribution in [0.2, 0.25) is 0 Å². The van der Waals surface area contributed by atoms with Gasteiger partial charge in [0.25, 0.3) is 0 Å². The number of phenols is 1. The van der Waals surface area contributed by atoms with E-state index >= 15 is 0 Å². The highest BCUT2D eigenvalue weighted by Crippen LogP contribution is 2.17. The lowest BCUT2D eigenvalue weighted by atomic mass is 10.1. The molecule has 0 bridgehead atoms. The SMILES string of the molecule is C=COCCCNCc1cc(C)ccc1O. The summed E-state index contributed by atoms with van der Waals surface area (Å²) in [6, 6.07) is 5.62. The zero-order valence-electron chi connectivity index (χ0n) is 9.70. The van der Waals surface area contributed by atoms with Crippen LogP contribution < -0.4 is 5.32 Å². The van der Waals surface area contributed by atoms with E-state index in [1.807, 2.05) is 19.1 Å². The molecule has 0 aliphatic heterocycles. The Morgan fingerprint density at radius 3 is 3.06 bits per heavy atom. The van der Waals surface area contributed by atoms with E-state index < -0.39 is 0 Å². The van der Waals surface area contributed by atoms with E-state index in [1.165, 1.54) is 6.26 Å². The van der Waals surface area contributed by atoms with Gasteiger partial charge in [0.2, 0.25) is 0 Å². The number of benzene rings is 1. The van der Waals surface area contributed by atoms with Crippen molar-refractivity contribution in [2.75, 3.05) is 13.2 Å². The Morgan fingerprint density at radius 2 is 2.31 bits per heavy atom. The van der Waals surface area contributed by atoms with Crippen LogP contribution in [0.5, 0.6) is 5.75 Å². The fraction of sp³-hybridized carbons (Fsp3) is 0.385. The smallest absolute Gasteiger partial charge is 0.120 e. The van der Waals surface area contributed by atoms with Crippen LogP contribution in [0.4, 0.5) is 0 Å². The van der Waals surface area contributed by atoms with Gasteiger partial charge in [0.15, 0.2) is 0 Å². The van der Waals surface area contributed by atoms with Crippen LogP contribution in [0, 0.1) is 6.92 Å². The molecule has 0 aliphatic carbocycles. The molecule has 16 heavy (non-hydrogen) atoms. The van der Waals surface area contributed by atoms with Gasteiger partial charge in [-0.15, -0.1) is 0 Å². The van der Waals surface area contributed by atoms with Crippen molar-refractivity contribution in [1.82, 2.24) is 5.32 Å². The average molecular weight is 221 g/mol. The van der Waals surface area contributed by atoms with E-state index in [2.05, 4.69) is 11.9 Å². The van der Waals surface area contributed by atoms with Gasteiger partial charge in [-0.05, 0) is 26.0 Å². The molecule has 0 aliphatic rings. The first-order chi connectivity index (χ1) is 7.74. The molecule has 0 heterocycles. The zero-order valence-corrected chi connectivity index (χ0v) is 9.70. The molecule has 3 nitrogen and oxygen atoms in total. The number of ether oxygens (including phenoxy) is 1. The molecule has 2 N–H and O–H groups in total. The second-order valence-corrected chi connectivity index (χ2v) is 3.70. The molecule has 88 valence electrons. The van der Waals surface area contributed by atoms with Gasteiger partial charge in [-0.2, -0.15) is 0 Å². The number of rotatable bonds is 7. The predicted molar refractivity (Wildman–Crippen MR) is 65.3 cm³/mol. The third kappa shape index (κ3) is 4.36. The van der Waals surface area contributed by atoms with Crippen LogP contribution in [-0.4, -0.2) is 18.3 Å². The lowest BCUT2D eigenvalue weighted by Crippen LogP contribution is -2.16. The summed E-state index contributed by atoms with van der Waals surface area (Å²) in [5.41, 5.74) is 2.09. The van der Waals surface area contributed by atoms with Crippen molar-refractivity contribution in [2.24, 2.45) is 0 Å². The van der Waals surface area contributed by atoms with Gasteiger partial charge < -0.3 is 15.2 Å². The Balaban J connectivity index is 2.26. The van der Waals surface area contributed by atoms with E-state index in [4.69, 9.17) is 4.74 Å². The van der Waals surface area contributed by atoms with Crippen molar-refractivity contribution in [3.63, 3.8) is 0 Å². The van der Waals surface area contributed by atoms with Gasteiger partial charge in [-0.25, -0.2) is 0 Å². The molecule has 0 saturated heterocycles. The second-order valence-electron chi connectivity index (χ2n) is 3.70. The Bertz CT molecular complexity index is 337. The molecule has 0 fully saturated rings. The molecule has 3 heteroatoms. The minimum absolute atomic E-state index is 0.348. The maximum absolute atomic E-state index is 9.60. The highest BCUT2D eigenvalue weighted by atomic mass is 16.5. The third-order valence-corrected chi connectivity index (χ3v) is 2.28. The molecule has 1 aromatic carbocycles. The van der Waals surface area contributed by atoms with Gasteiger partial charge in [-0.3, -0.25) is 0 Å². The Hall–Kier alpha value is -1.48. The van der Waals surface area contributed by atoms with Crippen LogP contribution in [0.15, 0.2) is 31.0 Å². The van der Waals surface area contributed by atoms with Crippen molar-refractivity contribution in [3.8, 4) is 5.75 Å². The molecule has 0 unspecified atom stereocenters. The third-order valence-electron chi connectivity index (χ3n) is 2.28. The maximum atomic E-state index is 9.60. The fourth-order valence-electron chi connectivity index (χ4n) is 1.44. The van der Waals surface area contributed by atoms with Crippen LogP contribution >= 0.6 is 0 Å². The number of hydrogen-bond donors (Lipinski definition) is 2. The normalized spacial score (nSPS) is 10.1. The van der Waals surface area contributed by atoms with Gasteiger partial charge in [0, 0.05) is 12.1 Å². The summed E-state index contributed by atoms with van der Waals surface area (Å²) in [7, 11) is 0. The van der Waals surface area contributed by atoms with Gasteiger partial charge in [-0.1, -0.05) is 24.3 Å². The molecule has 0 radical (unpaired) electrons. The summed E-state index contributed by atoms with van der Waals surface area (Å²) in [5.74, 6) is 0.348. The molecule has 0 atom stereocenters. The van der Waals surface area contributed by atoms with E-state index in [-0.39, 0.29) is 0 Å². The quantitative estimate of drug-likeness (QED) is 0.548. The number of nitrogens with one attached hydrogen (secondary N) is 1. The Morgan fingerprint density at radius 1 is 1.50 bits per heavy atom. The van der Waals surface area contributed by atoms with Gasteiger partial charge >= 0.3 is 0 Å². The first-order valence-corrected chi connectivity index (χ1v) is 5.45. The molecule has 0 saturated carbocycles. The lowest BCUT2D eigenvalue weighted by Gasteiger charge is -2.07. The summed E-state index contributed by atoms with van der Waals surface area (Å²) in [6.07, 6.45) is 2.38. The molecular weight excluding hydrogens is 202 g/mol. The average Bonchev–Trinajstić information content (AvgIpc) is 2.28. The number of hydrogen-bond acceptors (Lipinski definition) is 3. The highest BCUT2D eigenvalue weighted by molar-refractivity contribution is 5.35. The summed E-state index contributed by atoms with van der Waals surface area (Å²) in [5, 5.41) is 12.9. The highest BCUT2D eigenvalue weighted by Gasteiger charge is 2.00. The summed E-state index contributed by atoms with van der Waals surface area (Å²) in [4.78, 5) is 0. The first kappa shape index (κ1) is 12.6. The molecule has 1 aromatic rings. The minimum Gasteiger partial charge on any atom is -0.508 e. The van der Waals surface area contributed by atoms with E-state index in [9.17, 15) is 5.11 Å². The molecule has 1 rings (SSSR count). The topological polar surface area (TPSA) is 41.5 Å². The first-order valence-electron chi connectivity index (χ1n) is 5.45. The zero-order chi connectivity index (χ0) is 11.8. The largest absolute Gasteiger partial charge is 0.508 e. The number of phenolic OH excluding ortho intramolecular Hbond substituents is 1. The number of aryl methyl sites for hydroxylation is 1. The van der Waals surface area contributed by atoms with Crippen LogP contribution in [0.25, 0.3) is 0 Å². The maximum Gasteiger partial charge on any atom is 0.120 e. The predicted octanol–water partition coefficient (Wildman–Crippen LogP) is 2.34. The van der Waals surface area contributed by atoms with E-state index in [1.54, 1.807) is 6.07 Å². The summed E-state index contributed by atoms with van der Waals surface area (Å²) < 4.78 is 5.00. The fourth-order valence-corrected chi connectivity index (χ4v) is 1.44. The molecule has 0 amide bonds. The standard InChI is InChI=1S/C13H19NO2/c1-3-16-8-4-7-14-10-12-9-11(2)5-6-13(12)15/h3,5-6,9,14-15H,1,4,7-8,10H2,2H3. The van der Waals surface area contributed by atoms with Crippen molar-refractivity contribution < 1.29 is 9.84 Å². The molecule has 0 spiro atoms. The van der Waals surface area contributed by atoms with E-state index in [0.717, 1.165) is 24.1 Å². The summed E-state index contributed by atoms with van der Waals surface area (Å²) in [6.45, 7) is 7.71. The van der Waals surface area contributed by atoms with Gasteiger partial charge in [0.05, 0.1) is 12.9 Å². The van der Waals surface area contributed by atoms with Crippen molar-refractivity contribution in [3.05, 3.63) is 42.2 Å². The lowest BCUT2D eigenvalue weighted by molar-refractivity contribution is 0.244. The van der Waals surface area contributed by atoms with Gasteiger partial charge in [0.1, 0.15) is 5.75 Å². The number of aromatic hydroxyl groups is 1. The van der Waals surface area contributed by atoms with Crippen LogP contribution in [-0.2, 0) is 11.3 Å². The molecular formula is C13H19NO2.